The number of aliphatic carboxylic acids is 1. The van der Waals surface area contributed by atoms with Gasteiger partial charge in [0.1, 0.15) is 0 Å². The van der Waals surface area contributed by atoms with Gasteiger partial charge in [-0.3, -0.25) is 4.79 Å². The molecule has 0 aromatic rings. The highest BCUT2D eigenvalue weighted by Gasteiger charge is 2.42. The molecule has 2 fully saturated rings. The van der Waals surface area contributed by atoms with Crippen LogP contribution in [0.1, 0.15) is 38.5 Å². The summed E-state index contributed by atoms with van der Waals surface area (Å²) in [5, 5.41) is 9.30. The van der Waals surface area contributed by atoms with Crippen molar-refractivity contribution < 1.29 is 9.90 Å². The predicted molar refractivity (Wildman–Crippen MR) is 54.2 cm³/mol. The molecule has 14 heavy (non-hydrogen) atoms. The number of carboxylic acids is 1. The Hall–Kier alpha value is -0.570. The van der Waals surface area contributed by atoms with Crippen molar-refractivity contribution in [3.8, 4) is 0 Å². The maximum atomic E-state index is 11.3. The van der Waals surface area contributed by atoms with Crippen LogP contribution in [-0.2, 0) is 4.79 Å². The fourth-order valence-electron chi connectivity index (χ4n) is 2.86. The first-order valence-corrected chi connectivity index (χ1v) is 5.69. The minimum Gasteiger partial charge on any atom is -0.481 e. The SMILES string of the molecule is O=C(O)C1(CN2CCCC2)CCCC1. The van der Waals surface area contributed by atoms with E-state index < -0.39 is 11.4 Å². The first-order valence-electron chi connectivity index (χ1n) is 5.69. The molecule has 0 radical (unpaired) electrons. The minimum absolute atomic E-state index is 0.398. The van der Waals surface area contributed by atoms with E-state index in [0.717, 1.165) is 45.3 Å². The highest BCUT2D eigenvalue weighted by Crippen LogP contribution is 2.39. The van der Waals surface area contributed by atoms with Crippen LogP contribution < -0.4 is 0 Å². The third kappa shape index (κ3) is 1.78. The average molecular weight is 197 g/mol. The molecule has 0 aromatic heterocycles. The fourth-order valence-corrected chi connectivity index (χ4v) is 2.86. The van der Waals surface area contributed by atoms with Crippen LogP contribution in [0.2, 0.25) is 0 Å². The summed E-state index contributed by atoms with van der Waals surface area (Å²) in [6.07, 6.45) is 6.46. The molecule has 0 unspecified atom stereocenters. The van der Waals surface area contributed by atoms with E-state index in [1.807, 2.05) is 0 Å². The van der Waals surface area contributed by atoms with E-state index in [0.29, 0.717) is 0 Å². The molecule has 1 aliphatic heterocycles. The summed E-state index contributed by atoms with van der Waals surface area (Å²) in [6, 6.07) is 0. The first kappa shape index (κ1) is 9.97. The third-order valence-electron chi connectivity index (χ3n) is 3.74. The second kappa shape index (κ2) is 3.89. The number of rotatable bonds is 3. The van der Waals surface area contributed by atoms with E-state index in [4.69, 9.17) is 0 Å². The van der Waals surface area contributed by atoms with Crippen molar-refractivity contribution in [1.82, 2.24) is 4.90 Å². The van der Waals surface area contributed by atoms with Gasteiger partial charge in [-0.05, 0) is 38.8 Å². The van der Waals surface area contributed by atoms with Gasteiger partial charge in [0, 0.05) is 6.54 Å². The summed E-state index contributed by atoms with van der Waals surface area (Å²) in [5.41, 5.74) is -0.398. The zero-order valence-corrected chi connectivity index (χ0v) is 8.67. The van der Waals surface area contributed by atoms with Gasteiger partial charge >= 0.3 is 5.97 Å². The normalized spacial score (nSPS) is 26.9. The molecule has 1 saturated carbocycles. The van der Waals surface area contributed by atoms with E-state index in [2.05, 4.69) is 4.90 Å². The molecule has 1 N–H and O–H groups in total. The number of nitrogens with zero attached hydrogens (tertiary/aromatic N) is 1. The Balaban J connectivity index is 1.99. The molecular formula is C11H19NO2. The van der Waals surface area contributed by atoms with Crippen LogP contribution in [0.15, 0.2) is 0 Å². The lowest BCUT2D eigenvalue weighted by Gasteiger charge is -2.29. The van der Waals surface area contributed by atoms with Gasteiger partial charge in [-0.25, -0.2) is 0 Å². The second-order valence-electron chi connectivity index (χ2n) is 4.78. The quantitative estimate of drug-likeness (QED) is 0.749. The van der Waals surface area contributed by atoms with Crippen LogP contribution in [0.25, 0.3) is 0 Å². The molecule has 1 heterocycles. The molecular weight excluding hydrogens is 178 g/mol. The van der Waals surface area contributed by atoms with Crippen molar-refractivity contribution in [2.45, 2.75) is 38.5 Å². The summed E-state index contributed by atoms with van der Waals surface area (Å²) in [7, 11) is 0. The molecule has 0 atom stereocenters. The van der Waals surface area contributed by atoms with Crippen molar-refractivity contribution in [2.75, 3.05) is 19.6 Å². The third-order valence-corrected chi connectivity index (χ3v) is 3.74. The second-order valence-corrected chi connectivity index (χ2v) is 4.78. The first-order chi connectivity index (χ1) is 6.73. The topological polar surface area (TPSA) is 40.5 Å². The molecule has 80 valence electrons. The molecule has 1 saturated heterocycles. The Morgan fingerprint density at radius 2 is 1.71 bits per heavy atom. The number of hydrogen-bond donors (Lipinski definition) is 1. The van der Waals surface area contributed by atoms with Crippen LogP contribution in [-0.4, -0.2) is 35.6 Å². The maximum Gasteiger partial charge on any atom is 0.310 e. The Morgan fingerprint density at radius 3 is 2.21 bits per heavy atom. The van der Waals surface area contributed by atoms with Crippen LogP contribution >= 0.6 is 0 Å². The van der Waals surface area contributed by atoms with Gasteiger partial charge in [0.25, 0.3) is 0 Å². The van der Waals surface area contributed by atoms with Crippen molar-refractivity contribution in [2.24, 2.45) is 5.41 Å². The smallest absolute Gasteiger partial charge is 0.310 e. The molecule has 0 bridgehead atoms. The van der Waals surface area contributed by atoms with Gasteiger partial charge in [0.05, 0.1) is 5.41 Å². The van der Waals surface area contributed by atoms with Gasteiger partial charge < -0.3 is 10.0 Å². The fraction of sp³-hybridized carbons (Fsp3) is 0.909. The zero-order valence-electron chi connectivity index (χ0n) is 8.67. The Kier molecular flexibility index (Phi) is 2.77. The Bertz CT molecular complexity index is 215. The molecule has 3 heteroatoms. The van der Waals surface area contributed by atoms with E-state index in [9.17, 15) is 9.90 Å². The average Bonchev–Trinajstić information content (AvgIpc) is 2.76. The molecule has 0 aromatic carbocycles. The van der Waals surface area contributed by atoms with E-state index in [1.54, 1.807) is 0 Å². The maximum absolute atomic E-state index is 11.3. The van der Waals surface area contributed by atoms with Gasteiger partial charge in [-0.1, -0.05) is 12.8 Å². The molecule has 3 nitrogen and oxygen atoms in total. The molecule has 2 aliphatic rings. The lowest BCUT2D eigenvalue weighted by Crippen LogP contribution is -2.40. The van der Waals surface area contributed by atoms with E-state index in [-0.39, 0.29) is 0 Å². The van der Waals surface area contributed by atoms with Gasteiger partial charge in [-0.2, -0.15) is 0 Å². The van der Waals surface area contributed by atoms with Crippen LogP contribution in [0.5, 0.6) is 0 Å². The van der Waals surface area contributed by atoms with Crippen LogP contribution in [0.4, 0.5) is 0 Å². The number of carboxylic acid groups (broad SMARTS) is 1. The standard InChI is InChI=1S/C11H19NO2/c13-10(14)11(5-1-2-6-11)9-12-7-3-4-8-12/h1-9H2,(H,13,14). The number of likely N-dealkylation sites (tertiary alicyclic amines) is 1. The van der Waals surface area contributed by atoms with Gasteiger partial charge in [0.15, 0.2) is 0 Å². The zero-order chi connectivity index (χ0) is 10.0. The summed E-state index contributed by atoms with van der Waals surface area (Å²) in [6.45, 7) is 3.01. The monoisotopic (exact) mass is 197 g/mol. The highest BCUT2D eigenvalue weighted by molar-refractivity contribution is 5.75. The highest BCUT2D eigenvalue weighted by atomic mass is 16.4. The van der Waals surface area contributed by atoms with Crippen LogP contribution in [0, 0.1) is 5.41 Å². The van der Waals surface area contributed by atoms with E-state index >= 15 is 0 Å². The molecule has 0 spiro atoms. The molecule has 1 aliphatic carbocycles. The van der Waals surface area contributed by atoms with E-state index in [1.165, 1.54) is 12.8 Å². The lowest BCUT2D eigenvalue weighted by atomic mass is 9.86. The summed E-state index contributed by atoms with van der Waals surface area (Å²) in [4.78, 5) is 13.6. The summed E-state index contributed by atoms with van der Waals surface area (Å²) >= 11 is 0. The number of hydrogen-bond acceptors (Lipinski definition) is 2. The molecule has 0 amide bonds. The minimum atomic E-state index is -0.568. The van der Waals surface area contributed by atoms with Crippen molar-refractivity contribution >= 4 is 5.97 Å². The lowest BCUT2D eigenvalue weighted by molar-refractivity contribution is -0.149. The van der Waals surface area contributed by atoms with Gasteiger partial charge in [-0.15, -0.1) is 0 Å². The Morgan fingerprint density at radius 1 is 1.14 bits per heavy atom. The number of carbonyl (C=O) groups is 1. The van der Waals surface area contributed by atoms with Crippen LogP contribution in [0.3, 0.4) is 0 Å². The van der Waals surface area contributed by atoms with Gasteiger partial charge in [0.2, 0.25) is 0 Å². The van der Waals surface area contributed by atoms with Crippen molar-refractivity contribution in [3.05, 3.63) is 0 Å². The predicted octanol–water partition coefficient (Wildman–Crippen LogP) is 1.73. The largest absolute Gasteiger partial charge is 0.481 e. The molecule has 2 rings (SSSR count). The summed E-state index contributed by atoms with van der Waals surface area (Å²) in [5.74, 6) is -0.568. The van der Waals surface area contributed by atoms with Crippen molar-refractivity contribution in [3.63, 3.8) is 0 Å². The Labute approximate surface area is 85.1 Å². The summed E-state index contributed by atoms with van der Waals surface area (Å²) < 4.78 is 0. The van der Waals surface area contributed by atoms with Crippen molar-refractivity contribution in [1.29, 1.82) is 0 Å².